The Morgan fingerprint density at radius 3 is 1.31 bits per heavy atom. The molecule has 5 fully saturated rings. The van der Waals surface area contributed by atoms with Gasteiger partial charge in [-0.15, -0.1) is 0 Å². The van der Waals surface area contributed by atoms with Crippen LogP contribution in [0.15, 0.2) is 25.0 Å². The molecule has 3 saturated carbocycles. The fourth-order valence-electron chi connectivity index (χ4n) is 11.3. The highest BCUT2D eigenvalue weighted by molar-refractivity contribution is 5.86. The fraction of sp³-hybridized carbons (Fsp3) is 0.682. The Hall–Kier alpha value is -5.74. The van der Waals surface area contributed by atoms with E-state index in [4.69, 9.17) is 29.9 Å². The van der Waals surface area contributed by atoms with Gasteiger partial charge in [-0.3, -0.25) is 0 Å². The lowest BCUT2D eigenvalue weighted by atomic mass is 9.91. The maximum absolute atomic E-state index is 11.5. The van der Waals surface area contributed by atoms with Gasteiger partial charge in [0, 0.05) is 50.3 Å². The minimum Gasteiger partial charge on any atom is -0.390 e. The quantitative estimate of drug-likeness (QED) is 0.0654. The summed E-state index contributed by atoms with van der Waals surface area (Å²) in [4.78, 5) is 41.7. The van der Waals surface area contributed by atoms with Crippen LogP contribution in [0.3, 0.4) is 0 Å². The van der Waals surface area contributed by atoms with E-state index in [-0.39, 0.29) is 25.3 Å². The number of hydrogen-bond acceptors (Lipinski definition) is 22. The SMILES string of the molecule is CN(C)[C@@H]1CCN(c2nc(NC3CCC(Nc4nc(N5CC[C@@H](N(C)C)C5)nc5c4ncn5[C@@H]4C[C@H](n5ncc(CO)n5)[C@@H](O)[C@H]4O)CC3)c3ncn([C@@H]4C[C@H](n5ncc(CO)n5)[C@@H](O)[C@H]4O)c3n2)C1. The summed E-state index contributed by atoms with van der Waals surface area (Å²) < 4.78 is 3.69. The van der Waals surface area contributed by atoms with E-state index in [9.17, 15) is 30.6 Å². The summed E-state index contributed by atoms with van der Waals surface area (Å²) in [6.07, 6.45) is 7.44. The second-order valence-corrected chi connectivity index (χ2v) is 20.3. The largest absolute Gasteiger partial charge is 0.390 e. The lowest BCUT2D eigenvalue weighted by Gasteiger charge is -2.31. The van der Waals surface area contributed by atoms with E-state index in [1.165, 1.54) is 22.0 Å². The van der Waals surface area contributed by atoms with Crippen LogP contribution >= 0.6 is 0 Å². The Labute approximate surface area is 403 Å². The van der Waals surface area contributed by atoms with Crippen LogP contribution in [-0.2, 0) is 13.2 Å². The number of imidazole rings is 2. The number of likely N-dealkylation sites (N-methyl/N-ethyl adjacent to an activating group) is 2. The molecule has 0 spiro atoms. The number of nitrogens with one attached hydrogen (secondary N) is 2. The summed E-state index contributed by atoms with van der Waals surface area (Å²) in [5, 5.41) is 89.2. The average Bonchev–Trinajstić information content (AvgIpc) is 4.22. The first-order chi connectivity index (χ1) is 33.8. The Bertz CT molecular complexity index is 2600. The maximum atomic E-state index is 11.5. The van der Waals surface area contributed by atoms with Crippen molar-refractivity contribution < 1.29 is 30.6 Å². The highest BCUT2D eigenvalue weighted by atomic mass is 16.3. The molecule has 376 valence electrons. The molecule has 0 radical (unpaired) electrons. The first-order valence-corrected chi connectivity index (χ1v) is 24.5. The van der Waals surface area contributed by atoms with Gasteiger partial charge in [0.2, 0.25) is 11.9 Å². The minimum absolute atomic E-state index is 0.0610. The topological polar surface area (TPSA) is 307 Å². The second-order valence-electron chi connectivity index (χ2n) is 20.3. The molecule has 0 unspecified atom stereocenters. The predicted octanol–water partition coefficient (Wildman–Crippen LogP) is -0.935. The second kappa shape index (κ2) is 18.8. The van der Waals surface area contributed by atoms with E-state index in [2.05, 4.69) is 78.8 Å². The Morgan fingerprint density at radius 1 is 0.557 bits per heavy atom. The van der Waals surface area contributed by atoms with Gasteiger partial charge < -0.3 is 70.0 Å². The number of fused-ring (bicyclic) bond motifs is 2. The van der Waals surface area contributed by atoms with Gasteiger partial charge in [0.1, 0.15) is 47.9 Å². The van der Waals surface area contributed by atoms with Crippen molar-refractivity contribution in [2.24, 2.45) is 0 Å². The molecule has 0 bridgehead atoms. The number of aromatic nitrogens is 14. The molecule has 3 aliphatic carbocycles. The van der Waals surface area contributed by atoms with Gasteiger partial charge in [0.15, 0.2) is 34.0 Å². The fourth-order valence-corrected chi connectivity index (χ4v) is 11.3. The number of nitrogens with zero attached hydrogens (tertiary/aromatic N) is 18. The summed E-state index contributed by atoms with van der Waals surface area (Å²) in [5.74, 6) is 2.37. The van der Waals surface area contributed by atoms with Crippen molar-refractivity contribution in [3.63, 3.8) is 0 Å². The lowest BCUT2D eigenvalue weighted by Crippen LogP contribution is -2.34. The number of hydrogen-bond donors (Lipinski definition) is 8. The van der Waals surface area contributed by atoms with E-state index in [0.717, 1.165) is 64.7 Å². The molecule has 8 N–H and O–H groups in total. The van der Waals surface area contributed by atoms with Crippen LogP contribution in [0.25, 0.3) is 22.3 Å². The predicted molar refractivity (Wildman–Crippen MR) is 254 cm³/mol. The Morgan fingerprint density at radius 2 is 0.957 bits per heavy atom. The third-order valence-corrected chi connectivity index (χ3v) is 15.6. The molecule has 11 rings (SSSR count). The maximum Gasteiger partial charge on any atom is 0.229 e. The summed E-state index contributed by atoms with van der Waals surface area (Å²) in [5.41, 5.74) is 3.01. The number of rotatable bonds is 14. The molecular weight excluding hydrogens is 905 g/mol. The van der Waals surface area contributed by atoms with Gasteiger partial charge in [-0.05, 0) is 79.6 Å². The van der Waals surface area contributed by atoms with Crippen molar-refractivity contribution in [1.29, 1.82) is 0 Å². The zero-order chi connectivity index (χ0) is 48.5. The molecule has 0 aromatic carbocycles. The van der Waals surface area contributed by atoms with Crippen molar-refractivity contribution in [1.82, 2.24) is 78.8 Å². The van der Waals surface area contributed by atoms with Crippen LogP contribution in [0.1, 0.15) is 86.9 Å². The van der Waals surface area contributed by atoms with Gasteiger partial charge in [0.25, 0.3) is 0 Å². The van der Waals surface area contributed by atoms with E-state index >= 15 is 0 Å². The summed E-state index contributed by atoms with van der Waals surface area (Å²) in [6, 6.07) is -1.59. The zero-order valence-electron chi connectivity index (χ0n) is 39.9. The highest BCUT2D eigenvalue weighted by Crippen LogP contribution is 2.42. The van der Waals surface area contributed by atoms with Crippen LogP contribution in [0.4, 0.5) is 23.5 Å². The molecule has 70 heavy (non-hydrogen) atoms. The molecule has 26 nitrogen and oxygen atoms in total. The molecule has 10 atom stereocenters. The number of anilines is 4. The number of aliphatic hydroxyl groups is 6. The van der Waals surface area contributed by atoms with Crippen LogP contribution in [0.5, 0.6) is 0 Å². The van der Waals surface area contributed by atoms with E-state index in [1.54, 1.807) is 12.7 Å². The zero-order valence-corrected chi connectivity index (χ0v) is 39.9. The Balaban J connectivity index is 0.843. The van der Waals surface area contributed by atoms with Crippen LogP contribution in [0.2, 0.25) is 0 Å². The third-order valence-electron chi connectivity index (χ3n) is 15.6. The van der Waals surface area contributed by atoms with Crippen molar-refractivity contribution in [2.45, 2.75) is 137 Å². The molecule has 26 heteroatoms. The summed E-state index contributed by atoms with van der Waals surface area (Å²) >= 11 is 0. The van der Waals surface area contributed by atoms with Gasteiger partial charge in [-0.2, -0.15) is 49.9 Å². The van der Waals surface area contributed by atoms with Crippen LogP contribution in [0, 0.1) is 0 Å². The molecule has 0 amide bonds. The van der Waals surface area contributed by atoms with E-state index < -0.39 is 48.6 Å². The van der Waals surface area contributed by atoms with Gasteiger partial charge in [0.05, 0.1) is 50.3 Å². The third kappa shape index (κ3) is 8.45. The normalized spacial score (nSPS) is 30.6. The van der Waals surface area contributed by atoms with Crippen molar-refractivity contribution >= 4 is 45.9 Å². The molecular formula is C44H64N20O6. The first-order valence-electron chi connectivity index (χ1n) is 24.5. The highest BCUT2D eigenvalue weighted by Gasteiger charge is 2.47. The summed E-state index contributed by atoms with van der Waals surface area (Å²) in [7, 11) is 8.33. The molecule has 2 aliphatic heterocycles. The molecule has 6 aromatic heterocycles. The molecule has 5 aliphatic rings. The van der Waals surface area contributed by atoms with Gasteiger partial charge in [-0.1, -0.05) is 0 Å². The average molecular weight is 969 g/mol. The molecule has 6 aromatic rings. The Kier molecular flexibility index (Phi) is 12.5. The summed E-state index contributed by atoms with van der Waals surface area (Å²) in [6.45, 7) is 2.53. The smallest absolute Gasteiger partial charge is 0.229 e. The van der Waals surface area contributed by atoms with Crippen molar-refractivity contribution in [3.8, 4) is 0 Å². The standard InChI is InChI=1S/C44H64N20O6/c1-57(2)27-9-11-59(17-27)43-51-39(33-41(53-43)61(21-45-33)29-13-31(37(69)35(29)67)63-47-15-25(19-65)55-63)49-23-5-7-24(8-6-23)50-40-34-42(54-44(52-40)60-12-10-28(18-60)58(3)4)62(22-46-34)30-14-32(38(70)36(30)68)64-48-16-26(20-66)56-64/h15-16,21-24,27-32,35-38,65-70H,5-14,17-20H2,1-4H3,(H,49,51,53)(H,50,52,54)/t23?,24?,27-,28-,29-,30-,31+,32+,35+,36+,37-,38-/m1/s1. The lowest BCUT2D eigenvalue weighted by molar-refractivity contribution is 0.00491. The van der Waals surface area contributed by atoms with Gasteiger partial charge in [-0.25, -0.2) is 9.97 Å². The minimum atomic E-state index is -1.16. The van der Waals surface area contributed by atoms with E-state index in [1.807, 2.05) is 9.13 Å². The molecule has 2 saturated heterocycles. The van der Waals surface area contributed by atoms with Crippen molar-refractivity contribution in [2.75, 3.05) is 74.8 Å². The van der Waals surface area contributed by atoms with Crippen LogP contribution < -0.4 is 20.4 Å². The van der Waals surface area contributed by atoms with Crippen LogP contribution in [-0.4, -0.2) is 212 Å². The van der Waals surface area contributed by atoms with Gasteiger partial charge >= 0.3 is 0 Å². The molecule has 8 heterocycles. The first kappa shape index (κ1) is 46.6. The number of aliphatic hydroxyl groups excluding tert-OH is 6. The van der Waals surface area contributed by atoms with E-state index in [0.29, 0.717) is 82.2 Å². The van der Waals surface area contributed by atoms with Crippen molar-refractivity contribution in [3.05, 3.63) is 36.4 Å². The monoisotopic (exact) mass is 969 g/mol.